The third kappa shape index (κ3) is 4.90. The monoisotopic (exact) mass is 292 g/mol. The Balaban J connectivity index is 1.76. The lowest BCUT2D eigenvalue weighted by molar-refractivity contribution is 0.0501. The molecular formula is C17H28N2O2. The molecule has 4 nitrogen and oxygen atoms in total. The van der Waals surface area contributed by atoms with E-state index in [1.54, 1.807) is 7.11 Å². The van der Waals surface area contributed by atoms with Gasteiger partial charge < -0.3 is 19.7 Å². The van der Waals surface area contributed by atoms with Crippen molar-refractivity contribution in [3.8, 4) is 5.75 Å². The van der Waals surface area contributed by atoms with E-state index >= 15 is 0 Å². The SMILES string of the molecule is CCCNCC1CCC(CN(C)c2ccc(OC)cc2)O1. The predicted molar refractivity (Wildman–Crippen MR) is 87.3 cm³/mol. The van der Waals surface area contributed by atoms with Crippen molar-refractivity contribution in [2.24, 2.45) is 0 Å². The number of nitrogens with one attached hydrogen (secondary N) is 1. The second-order valence-corrected chi connectivity index (χ2v) is 5.74. The van der Waals surface area contributed by atoms with Crippen molar-refractivity contribution in [1.82, 2.24) is 5.32 Å². The van der Waals surface area contributed by atoms with Crippen LogP contribution >= 0.6 is 0 Å². The van der Waals surface area contributed by atoms with Crippen molar-refractivity contribution in [2.45, 2.75) is 38.4 Å². The van der Waals surface area contributed by atoms with Crippen molar-refractivity contribution >= 4 is 5.69 Å². The van der Waals surface area contributed by atoms with Crippen LogP contribution in [0.2, 0.25) is 0 Å². The van der Waals surface area contributed by atoms with E-state index in [9.17, 15) is 0 Å². The van der Waals surface area contributed by atoms with Gasteiger partial charge in [0.1, 0.15) is 5.75 Å². The molecule has 1 aromatic carbocycles. The number of benzene rings is 1. The van der Waals surface area contributed by atoms with Gasteiger partial charge in [-0.2, -0.15) is 0 Å². The van der Waals surface area contributed by atoms with Crippen LogP contribution < -0.4 is 15.0 Å². The van der Waals surface area contributed by atoms with Gasteiger partial charge in [-0.05, 0) is 50.1 Å². The van der Waals surface area contributed by atoms with E-state index < -0.39 is 0 Å². The molecule has 1 saturated heterocycles. The molecule has 2 unspecified atom stereocenters. The van der Waals surface area contributed by atoms with Crippen LogP contribution in [0.1, 0.15) is 26.2 Å². The Morgan fingerprint density at radius 2 is 1.95 bits per heavy atom. The molecule has 0 radical (unpaired) electrons. The Kier molecular flexibility index (Phi) is 6.33. The lowest BCUT2D eigenvalue weighted by Gasteiger charge is -2.23. The first-order valence-corrected chi connectivity index (χ1v) is 7.94. The van der Waals surface area contributed by atoms with Crippen molar-refractivity contribution < 1.29 is 9.47 Å². The molecule has 1 aliphatic rings. The highest BCUT2D eigenvalue weighted by atomic mass is 16.5. The zero-order valence-electron chi connectivity index (χ0n) is 13.5. The van der Waals surface area contributed by atoms with Gasteiger partial charge in [0, 0.05) is 25.8 Å². The van der Waals surface area contributed by atoms with E-state index in [0.717, 1.165) is 38.2 Å². The summed E-state index contributed by atoms with van der Waals surface area (Å²) in [4.78, 5) is 2.26. The summed E-state index contributed by atoms with van der Waals surface area (Å²) in [6, 6.07) is 8.18. The molecule has 1 fully saturated rings. The van der Waals surface area contributed by atoms with Gasteiger partial charge in [0.05, 0.1) is 19.3 Å². The fourth-order valence-electron chi connectivity index (χ4n) is 2.75. The summed E-state index contributed by atoms with van der Waals surface area (Å²) < 4.78 is 11.3. The molecule has 1 heterocycles. The van der Waals surface area contributed by atoms with E-state index in [1.807, 2.05) is 12.1 Å². The molecule has 1 N–H and O–H groups in total. The number of nitrogens with zero attached hydrogens (tertiary/aromatic N) is 1. The zero-order valence-corrected chi connectivity index (χ0v) is 13.5. The number of rotatable bonds is 8. The van der Waals surface area contributed by atoms with Crippen LogP contribution in [-0.2, 0) is 4.74 Å². The fourth-order valence-corrected chi connectivity index (χ4v) is 2.75. The summed E-state index contributed by atoms with van der Waals surface area (Å²) in [7, 11) is 3.81. The van der Waals surface area contributed by atoms with Crippen molar-refractivity contribution in [2.75, 3.05) is 38.7 Å². The summed E-state index contributed by atoms with van der Waals surface area (Å²) in [6.45, 7) is 5.19. The van der Waals surface area contributed by atoms with Gasteiger partial charge in [0.2, 0.25) is 0 Å². The summed E-state index contributed by atoms with van der Waals surface area (Å²) >= 11 is 0. The number of hydrogen-bond donors (Lipinski definition) is 1. The van der Waals surface area contributed by atoms with Crippen LogP contribution in [0.3, 0.4) is 0 Å². The number of ether oxygens (including phenoxy) is 2. The lowest BCUT2D eigenvalue weighted by atomic mass is 10.2. The largest absolute Gasteiger partial charge is 0.497 e. The molecular weight excluding hydrogens is 264 g/mol. The van der Waals surface area contributed by atoms with Crippen LogP contribution in [0, 0.1) is 0 Å². The number of hydrogen-bond acceptors (Lipinski definition) is 4. The average Bonchev–Trinajstić information content (AvgIpc) is 2.95. The van der Waals surface area contributed by atoms with E-state index in [2.05, 4.69) is 36.3 Å². The molecule has 2 atom stereocenters. The van der Waals surface area contributed by atoms with Gasteiger partial charge in [-0.1, -0.05) is 6.92 Å². The maximum Gasteiger partial charge on any atom is 0.119 e. The smallest absolute Gasteiger partial charge is 0.119 e. The molecule has 1 aromatic rings. The number of methoxy groups -OCH3 is 1. The first-order chi connectivity index (χ1) is 10.2. The first kappa shape index (κ1) is 16.1. The van der Waals surface area contributed by atoms with E-state index in [4.69, 9.17) is 9.47 Å². The third-order valence-corrected chi connectivity index (χ3v) is 3.98. The Morgan fingerprint density at radius 1 is 1.24 bits per heavy atom. The summed E-state index contributed by atoms with van der Waals surface area (Å²) in [5.74, 6) is 0.895. The standard InChI is InChI=1S/C17H28N2O2/c1-4-11-18-12-16-9-10-17(21-16)13-19(2)14-5-7-15(20-3)8-6-14/h5-8,16-18H,4,9-13H2,1-3H3. The second-order valence-electron chi connectivity index (χ2n) is 5.74. The minimum absolute atomic E-state index is 0.338. The summed E-state index contributed by atoms with van der Waals surface area (Å²) in [6.07, 6.45) is 4.21. The maximum absolute atomic E-state index is 6.12. The molecule has 2 rings (SSSR count). The lowest BCUT2D eigenvalue weighted by Crippen LogP contribution is -2.32. The fraction of sp³-hybridized carbons (Fsp3) is 0.647. The highest BCUT2D eigenvalue weighted by Crippen LogP contribution is 2.23. The van der Waals surface area contributed by atoms with Crippen LogP contribution in [-0.4, -0.2) is 46.0 Å². The average molecular weight is 292 g/mol. The van der Waals surface area contributed by atoms with E-state index in [0.29, 0.717) is 12.2 Å². The molecule has 0 saturated carbocycles. The molecule has 0 aromatic heterocycles. The number of likely N-dealkylation sites (N-methyl/N-ethyl adjacent to an activating group) is 1. The van der Waals surface area contributed by atoms with Gasteiger partial charge >= 0.3 is 0 Å². The normalized spacial score (nSPS) is 21.5. The summed E-state index contributed by atoms with van der Waals surface area (Å²) in [5.41, 5.74) is 1.20. The van der Waals surface area contributed by atoms with E-state index in [-0.39, 0.29) is 0 Å². The van der Waals surface area contributed by atoms with Gasteiger partial charge in [0.25, 0.3) is 0 Å². The highest BCUT2D eigenvalue weighted by Gasteiger charge is 2.25. The Bertz CT molecular complexity index is 408. The van der Waals surface area contributed by atoms with Gasteiger partial charge in [-0.25, -0.2) is 0 Å². The zero-order chi connectivity index (χ0) is 15.1. The minimum atomic E-state index is 0.338. The quantitative estimate of drug-likeness (QED) is 0.747. The van der Waals surface area contributed by atoms with Crippen LogP contribution in [0.15, 0.2) is 24.3 Å². The second kappa shape index (κ2) is 8.25. The van der Waals surface area contributed by atoms with Crippen molar-refractivity contribution in [3.63, 3.8) is 0 Å². The van der Waals surface area contributed by atoms with Gasteiger partial charge in [0.15, 0.2) is 0 Å². The van der Waals surface area contributed by atoms with Crippen LogP contribution in [0.4, 0.5) is 5.69 Å². The van der Waals surface area contributed by atoms with Gasteiger partial charge in [-0.3, -0.25) is 0 Å². The molecule has 21 heavy (non-hydrogen) atoms. The van der Waals surface area contributed by atoms with E-state index in [1.165, 1.54) is 12.1 Å². The Labute approximate surface area is 128 Å². The number of anilines is 1. The molecule has 0 aliphatic carbocycles. The third-order valence-electron chi connectivity index (χ3n) is 3.98. The maximum atomic E-state index is 6.12. The molecule has 4 heteroatoms. The van der Waals surface area contributed by atoms with Crippen molar-refractivity contribution in [1.29, 1.82) is 0 Å². The Hall–Kier alpha value is -1.26. The highest BCUT2D eigenvalue weighted by molar-refractivity contribution is 5.48. The molecule has 0 spiro atoms. The van der Waals surface area contributed by atoms with Crippen molar-refractivity contribution in [3.05, 3.63) is 24.3 Å². The Morgan fingerprint density at radius 3 is 2.62 bits per heavy atom. The summed E-state index contributed by atoms with van der Waals surface area (Å²) in [5, 5.41) is 3.44. The topological polar surface area (TPSA) is 33.7 Å². The van der Waals surface area contributed by atoms with Gasteiger partial charge in [-0.15, -0.1) is 0 Å². The molecule has 0 amide bonds. The molecule has 1 aliphatic heterocycles. The minimum Gasteiger partial charge on any atom is -0.497 e. The molecule has 0 bridgehead atoms. The van der Waals surface area contributed by atoms with Crippen LogP contribution in [0.25, 0.3) is 0 Å². The van der Waals surface area contributed by atoms with Crippen LogP contribution in [0.5, 0.6) is 5.75 Å². The predicted octanol–water partition coefficient (Wildman–Crippen LogP) is 2.68. The first-order valence-electron chi connectivity index (χ1n) is 7.94. The molecule has 118 valence electrons.